The van der Waals surface area contributed by atoms with Crippen LogP contribution in [0.1, 0.15) is 0 Å². The molecule has 5 heterocycles. The Bertz CT molecular complexity index is 3880. The molecular weight excluding hydrogens is 1040 g/mol. The predicted molar refractivity (Wildman–Crippen MR) is 238 cm³/mol. The van der Waals surface area contributed by atoms with Gasteiger partial charge in [0.05, 0.1) is 5.69 Å². The molecule has 0 saturated heterocycles. The minimum atomic E-state index is -7.20. The molecule has 0 aliphatic carbocycles. The van der Waals surface area contributed by atoms with Gasteiger partial charge in [0.25, 0.3) is 30.7 Å². The zero-order valence-electron chi connectivity index (χ0n) is 33.3. The number of anilines is 1. The molecule has 5 aromatic carbocycles. The van der Waals surface area contributed by atoms with Crippen LogP contribution < -0.4 is 8.43 Å². The molecule has 2 aliphatic heterocycles. The Balaban J connectivity index is 0.000000198. The smallest absolute Gasteiger partial charge is 0.462 e. The van der Waals surface area contributed by atoms with Crippen molar-refractivity contribution in [1.82, 2.24) is 42.6 Å². The van der Waals surface area contributed by atoms with Gasteiger partial charge in [-0.3, -0.25) is 9.11 Å². The van der Waals surface area contributed by atoms with Crippen LogP contribution in [-0.4, -0.2) is 100 Å². The van der Waals surface area contributed by atoms with Gasteiger partial charge in [0.15, 0.2) is 29.0 Å². The van der Waals surface area contributed by atoms with Gasteiger partial charge in [0.2, 0.25) is 0 Å². The normalized spacial score (nSPS) is 12.9. The molecule has 68 heavy (non-hydrogen) atoms. The van der Waals surface area contributed by atoms with Crippen LogP contribution in [0.4, 0.5) is 11.4 Å². The first-order valence-electron chi connectivity index (χ1n) is 18.5. The average Bonchev–Trinajstić information content (AvgIpc) is 3.99. The summed E-state index contributed by atoms with van der Waals surface area (Å²) in [6, 6.07) is 32.1. The van der Waals surface area contributed by atoms with E-state index in [0.29, 0.717) is 45.9 Å². The molecule has 8 bridgehead atoms. The standard InChI is InChI=1S/C32H18N8.C6H8N2O14S5.Cu/c1-2-10-18-17(9-1)25-33-26(18)38-28-21-13-5-6-14-22(21)30(35-28)40-32-24-16-8-7-15-23(24)31(36-32)39-29-20-12-4-3-11-19(20)27(34-29)37-25;7-5-2-1-4(3-6(5)23(9,10)11)8(24(12,13)14,25(15,16)17)26(18,19)27(20,21)22;/h1-16H,(H2,33,34,35,36,37,38,39,40);1-3H,7H2,(H3-,9,10,11,12,13,14,15,16,17,20,21,22);/p-1. The molecule has 0 saturated carbocycles. The van der Waals surface area contributed by atoms with E-state index in [4.69, 9.17) is 44.7 Å². The minimum Gasteiger partial charge on any atom is -0.699 e. The van der Waals surface area contributed by atoms with Gasteiger partial charge < -0.3 is 24.8 Å². The van der Waals surface area contributed by atoms with Gasteiger partial charge in [0.1, 0.15) is 27.5 Å². The zero-order valence-corrected chi connectivity index (χ0v) is 38.3. The minimum absolute atomic E-state index is 0. The van der Waals surface area contributed by atoms with E-state index in [1.165, 1.54) is 0 Å². The van der Waals surface area contributed by atoms with Gasteiger partial charge in [-0.15, -0.1) is 0 Å². The number of benzene rings is 5. The Kier molecular flexibility index (Phi) is 11.6. The molecule has 353 valence electrons. The van der Waals surface area contributed by atoms with E-state index >= 15 is 0 Å². The first-order chi connectivity index (χ1) is 31.4. The van der Waals surface area contributed by atoms with Crippen molar-refractivity contribution in [3.05, 3.63) is 115 Å². The SMILES string of the molecule is Nc1ccc([N+](S(=O)(=O)[O-])(S(=O)(=O)[O-])S(=O)(=O)S(=O)(=O)O)cc1S(=O)(=O)O.[Cu].c1ccc2c(c1)-c1nc-2nc2[nH]c(nc3nc(nc4[nH]c(n1)c1ccccc41)-c1ccccc1-3)c1ccccc21. The van der Waals surface area contributed by atoms with Gasteiger partial charge in [-0.1, -0.05) is 97.1 Å². The molecule has 0 atom stereocenters. The number of fused-ring (bicyclic) bond motifs is 20. The fraction of sp³-hybridized carbons (Fsp3) is 0. The molecule has 0 amide bonds. The summed E-state index contributed by atoms with van der Waals surface area (Å²) in [5.41, 5.74) is 8.50. The number of nitrogens with one attached hydrogen (secondary N) is 2. The molecular formula is C38H25CuN10O14S5-. The zero-order chi connectivity index (χ0) is 48.1. The topological polar surface area (TPSA) is 392 Å². The first kappa shape index (κ1) is 47.8. The molecule has 8 aromatic rings. The number of nitrogens with zero attached hydrogens (tertiary/aromatic N) is 7. The summed E-state index contributed by atoms with van der Waals surface area (Å²) >= 11 is 0. The average molecular weight is 1070 g/mol. The molecule has 6 N–H and O–H groups in total. The Hall–Kier alpha value is -6.67. The van der Waals surface area contributed by atoms with Gasteiger partial charge in [-0.25, -0.2) is 29.9 Å². The molecule has 0 spiro atoms. The van der Waals surface area contributed by atoms with Crippen molar-refractivity contribution in [1.29, 1.82) is 0 Å². The Morgan fingerprint density at radius 3 is 1.06 bits per heavy atom. The molecule has 1 radical (unpaired) electrons. The van der Waals surface area contributed by atoms with Crippen LogP contribution in [0.3, 0.4) is 0 Å². The third-order valence-electron chi connectivity index (χ3n) is 10.2. The molecule has 3 aromatic heterocycles. The van der Waals surface area contributed by atoms with E-state index in [0.717, 1.165) is 43.8 Å². The van der Waals surface area contributed by atoms with Gasteiger partial charge in [0, 0.05) is 75.7 Å². The second-order valence-corrected chi connectivity index (χ2v) is 23.9. The maximum Gasteiger partial charge on any atom is 0.462 e. The number of H-pyrrole nitrogens is 2. The van der Waals surface area contributed by atoms with E-state index in [1.807, 2.05) is 97.1 Å². The number of hydrogen-bond acceptors (Lipinski definition) is 19. The quantitative estimate of drug-likeness (QED) is 0.0520. The Morgan fingerprint density at radius 2 is 0.779 bits per heavy atom. The summed E-state index contributed by atoms with van der Waals surface area (Å²) in [5.74, 6) is 2.39. The maximum absolute atomic E-state index is 11.9. The summed E-state index contributed by atoms with van der Waals surface area (Å²) in [4.78, 5) is 35.2. The van der Waals surface area contributed by atoms with Crippen molar-refractivity contribution in [3.8, 4) is 45.6 Å². The predicted octanol–water partition coefficient (Wildman–Crippen LogP) is 3.74. The van der Waals surface area contributed by atoms with Crippen molar-refractivity contribution in [3.63, 3.8) is 0 Å². The van der Waals surface area contributed by atoms with E-state index in [2.05, 4.69) is 9.97 Å². The number of hydrogen-bond donors (Lipinski definition) is 5. The maximum atomic E-state index is 11.9. The number of quaternary nitrogens is 1. The van der Waals surface area contributed by atoms with Crippen LogP contribution in [-0.2, 0) is 66.0 Å². The second kappa shape index (κ2) is 16.5. The van der Waals surface area contributed by atoms with Crippen LogP contribution in [0.25, 0.3) is 89.7 Å². The Labute approximate surface area is 393 Å². The van der Waals surface area contributed by atoms with Crippen molar-refractivity contribution in [2.75, 3.05) is 5.73 Å². The molecule has 2 aliphatic rings. The van der Waals surface area contributed by atoms with Crippen LogP contribution in [0, 0.1) is 0 Å². The monoisotopic (exact) mass is 1070 g/mol. The van der Waals surface area contributed by atoms with Crippen molar-refractivity contribution < 1.29 is 77.4 Å². The van der Waals surface area contributed by atoms with E-state index < -0.39 is 67.9 Å². The van der Waals surface area contributed by atoms with Crippen LogP contribution in [0.5, 0.6) is 0 Å². The first-order valence-corrected chi connectivity index (χ1v) is 26.1. The van der Waals surface area contributed by atoms with E-state index in [1.54, 1.807) is 0 Å². The largest absolute Gasteiger partial charge is 0.699 e. The second-order valence-electron chi connectivity index (χ2n) is 14.2. The van der Waals surface area contributed by atoms with Gasteiger partial charge in [-0.2, -0.15) is 42.1 Å². The van der Waals surface area contributed by atoms with Crippen molar-refractivity contribution in [2.45, 2.75) is 4.90 Å². The third-order valence-corrected chi connectivity index (χ3v) is 20.2. The fourth-order valence-electron chi connectivity index (χ4n) is 7.35. The van der Waals surface area contributed by atoms with Crippen LogP contribution in [0.2, 0.25) is 0 Å². The Morgan fingerprint density at radius 1 is 0.471 bits per heavy atom. The van der Waals surface area contributed by atoms with Crippen LogP contribution >= 0.6 is 0 Å². The molecule has 24 nitrogen and oxygen atoms in total. The summed E-state index contributed by atoms with van der Waals surface area (Å²) in [7, 11) is -33.6. The number of nitrogens with two attached hydrogens (primary N) is 1. The van der Waals surface area contributed by atoms with Crippen molar-refractivity contribution in [2.24, 2.45) is 0 Å². The summed E-state index contributed by atoms with van der Waals surface area (Å²) < 4.78 is 150. The number of nitrogen functional groups attached to an aromatic ring is 1. The number of aromatic amines is 2. The summed E-state index contributed by atoms with van der Waals surface area (Å²) in [6.07, 6.45) is 0. The van der Waals surface area contributed by atoms with E-state index in [-0.39, 0.29) is 35.3 Å². The number of aromatic nitrogens is 8. The summed E-state index contributed by atoms with van der Waals surface area (Å²) in [6.45, 7) is 0. The molecule has 30 heteroatoms. The van der Waals surface area contributed by atoms with Crippen LogP contribution in [0.15, 0.2) is 120 Å². The summed E-state index contributed by atoms with van der Waals surface area (Å²) in [5, 5.41) is 3.82. The molecule has 0 fully saturated rings. The van der Waals surface area contributed by atoms with Gasteiger partial charge >= 0.3 is 18.2 Å². The van der Waals surface area contributed by atoms with E-state index in [9.17, 15) is 51.2 Å². The number of rotatable bonds is 6. The van der Waals surface area contributed by atoms with Crippen molar-refractivity contribution >= 4 is 104 Å². The fourth-order valence-corrected chi connectivity index (χ4v) is 15.8. The van der Waals surface area contributed by atoms with Gasteiger partial charge in [-0.05, 0) is 6.07 Å². The molecule has 10 rings (SSSR count). The third kappa shape index (κ3) is 7.66. The molecule has 0 unspecified atom stereocenters.